The SMILES string of the molecule is Fc1cc(F)cc(CNCCCBr)c1. The molecule has 0 aliphatic rings. The molecule has 1 N–H and O–H groups in total. The van der Waals surface area contributed by atoms with Gasteiger partial charge in [-0.3, -0.25) is 0 Å². The van der Waals surface area contributed by atoms with E-state index in [1.165, 1.54) is 12.1 Å². The standard InChI is InChI=1S/C10H12BrF2N/c11-2-1-3-14-7-8-4-9(12)6-10(13)5-8/h4-6,14H,1-3,7H2. The van der Waals surface area contributed by atoms with Crippen molar-refractivity contribution in [3.63, 3.8) is 0 Å². The zero-order valence-electron chi connectivity index (χ0n) is 7.69. The van der Waals surface area contributed by atoms with Gasteiger partial charge in [-0.05, 0) is 30.7 Å². The Morgan fingerprint density at radius 3 is 2.36 bits per heavy atom. The molecule has 1 rings (SSSR count). The summed E-state index contributed by atoms with van der Waals surface area (Å²) >= 11 is 3.30. The van der Waals surface area contributed by atoms with Crippen molar-refractivity contribution in [2.45, 2.75) is 13.0 Å². The van der Waals surface area contributed by atoms with Crippen LogP contribution in [0.25, 0.3) is 0 Å². The Morgan fingerprint density at radius 1 is 1.14 bits per heavy atom. The van der Waals surface area contributed by atoms with E-state index in [2.05, 4.69) is 21.2 Å². The molecule has 1 nitrogen and oxygen atoms in total. The molecule has 1 aromatic carbocycles. The average Bonchev–Trinajstić information content (AvgIpc) is 2.11. The molecule has 0 aliphatic heterocycles. The number of nitrogens with one attached hydrogen (secondary N) is 1. The second kappa shape index (κ2) is 6.09. The fraction of sp³-hybridized carbons (Fsp3) is 0.400. The van der Waals surface area contributed by atoms with Crippen LogP contribution in [0.5, 0.6) is 0 Å². The van der Waals surface area contributed by atoms with Crippen molar-refractivity contribution in [2.75, 3.05) is 11.9 Å². The molecule has 14 heavy (non-hydrogen) atoms. The van der Waals surface area contributed by atoms with Crippen LogP contribution in [0.3, 0.4) is 0 Å². The minimum Gasteiger partial charge on any atom is -0.313 e. The lowest BCUT2D eigenvalue weighted by molar-refractivity contribution is 0.575. The lowest BCUT2D eigenvalue weighted by atomic mass is 10.2. The fourth-order valence-corrected chi connectivity index (χ4v) is 1.42. The molecule has 0 bridgehead atoms. The Hall–Kier alpha value is -0.480. The number of hydrogen-bond acceptors (Lipinski definition) is 1. The fourth-order valence-electron chi connectivity index (χ4n) is 1.14. The summed E-state index contributed by atoms with van der Waals surface area (Å²) in [4.78, 5) is 0. The van der Waals surface area contributed by atoms with Gasteiger partial charge < -0.3 is 5.32 Å². The molecular formula is C10H12BrF2N. The smallest absolute Gasteiger partial charge is 0.126 e. The normalized spacial score (nSPS) is 10.5. The first-order chi connectivity index (χ1) is 6.72. The second-order valence-electron chi connectivity index (χ2n) is 3.00. The highest BCUT2D eigenvalue weighted by molar-refractivity contribution is 9.09. The van der Waals surface area contributed by atoms with Crippen molar-refractivity contribution in [3.8, 4) is 0 Å². The van der Waals surface area contributed by atoms with Gasteiger partial charge in [-0.2, -0.15) is 0 Å². The third kappa shape index (κ3) is 4.15. The Kier molecular flexibility index (Phi) is 5.04. The van der Waals surface area contributed by atoms with Crippen LogP contribution < -0.4 is 5.32 Å². The first-order valence-electron chi connectivity index (χ1n) is 4.44. The molecule has 4 heteroatoms. The molecule has 1 aromatic rings. The predicted molar refractivity (Wildman–Crippen MR) is 56.5 cm³/mol. The van der Waals surface area contributed by atoms with Crippen molar-refractivity contribution in [1.29, 1.82) is 0 Å². The van der Waals surface area contributed by atoms with Crippen LogP contribution in [-0.4, -0.2) is 11.9 Å². The highest BCUT2D eigenvalue weighted by Crippen LogP contribution is 2.07. The highest BCUT2D eigenvalue weighted by atomic mass is 79.9. The molecule has 0 spiro atoms. The van der Waals surface area contributed by atoms with Crippen LogP contribution in [0.2, 0.25) is 0 Å². The van der Waals surface area contributed by atoms with E-state index in [0.29, 0.717) is 12.1 Å². The van der Waals surface area contributed by atoms with Crippen molar-refractivity contribution in [1.82, 2.24) is 5.32 Å². The molecule has 0 atom stereocenters. The zero-order valence-corrected chi connectivity index (χ0v) is 9.28. The van der Waals surface area contributed by atoms with Crippen molar-refractivity contribution in [3.05, 3.63) is 35.4 Å². The van der Waals surface area contributed by atoms with Gasteiger partial charge >= 0.3 is 0 Å². The lowest BCUT2D eigenvalue weighted by Crippen LogP contribution is -2.15. The number of benzene rings is 1. The summed E-state index contributed by atoms with van der Waals surface area (Å²) in [5, 5.41) is 4.02. The molecule has 0 fully saturated rings. The predicted octanol–water partition coefficient (Wildman–Crippen LogP) is 2.84. The summed E-state index contributed by atoms with van der Waals surface area (Å²) in [6, 6.07) is 3.55. The van der Waals surface area contributed by atoms with Gasteiger partial charge in [0.25, 0.3) is 0 Å². The summed E-state index contributed by atoms with van der Waals surface area (Å²) in [6.45, 7) is 1.34. The van der Waals surface area contributed by atoms with Gasteiger partial charge in [-0.15, -0.1) is 0 Å². The molecule has 0 aliphatic carbocycles. The molecule has 0 aromatic heterocycles. The van der Waals surface area contributed by atoms with E-state index in [-0.39, 0.29) is 0 Å². The summed E-state index contributed by atoms with van der Waals surface area (Å²) < 4.78 is 25.5. The van der Waals surface area contributed by atoms with Gasteiger partial charge in [0.1, 0.15) is 11.6 Å². The summed E-state index contributed by atoms with van der Waals surface area (Å²) in [6.07, 6.45) is 0.998. The Bertz CT molecular complexity index is 271. The van der Waals surface area contributed by atoms with Crippen LogP contribution in [0.1, 0.15) is 12.0 Å². The average molecular weight is 264 g/mol. The van der Waals surface area contributed by atoms with E-state index in [4.69, 9.17) is 0 Å². The minimum atomic E-state index is -0.526. The van der Waals surface area contributed by atoms with Gasteiger partial charge in [0.15, 0.2) is 0 Å². The maximum absolute atomic E-state index is 12.7. The second-order valence-corrected chi connectivity index (χ2v) is 3.79. The van der Waals surface area contributed by atoms with Crippen molar-refractivity contribution < 1.29 is 8.78 Å². The van der Waals surface area contributed by atoms with Gasteiger partial charge in [0, 0.05) is 17.9 Å². The van der Waals surface area contributed by atoms with E-state index in [1.807, 2.05) is 0 Å². The third-order valence-electron chi connectivity index (χ3n) is 1.74. The summed E-state index contributed by atoms with van der Waals surface area (Å²) in [5.41, 5.74) is 0.636. The Labute approximate surface area is 90.6 Å². The first-order valence-corrected chi connectivity index (χ1v) is 5.56. The van der Waals surface area contributed by atoms with Crippen LogP contribution in [0, 0.1) is 11.6 Å². The van der Waals surface area contributed by atoms with Gasteiger partial charge in [-0.1, -0.05) is 15.9 Å². The molecule has 0 amide bonds. The minimum absolute atomic E-state index is 0.502. The first kappa shape index (κ1) is 11.6. The van der Waals surface area contributed by atoms with Crippen LogP contribution >= 0.6 is 15.9 Å². The largest absolute Gasteiger partial charge is 0.313 e. The van der Waals surface area contributed by atoms with Crippen LogP contribution in [-0.2, 0) is 6.54 Å². The zero-order chi connectivity index (χ0) is 10.4. The van der Waals surface area contributed by atoms with E-state index in [0.717, 1.165) is 24.4 Å². The molecule has 0 saturated carbocycles. The van der Waals surface area contributed by atoms with Gasteiger partial charge in [0.05, 0.1) is 0 Å². The van der Waals surface area contributed by atoms with Crippen LogP contribution in [0.15, 0.2) is 18.2 Å². The van der Waals surface area contributed by atoms with Gasteiger partial charge in [-0.25, -0.2) is 8.78 Å². The number of alkyl halides is 1. The number of halogens is 3. The molecule has 78 valence electrons. The highest BCUT2D eigenvalue weighted by Gasteiger charge is 1.99. The molecule has 0 heterocycles. The van der Waals surface area contributed by atoms with E-state index < -0.39 is 11.6 Å². The van der Waals surface area contributed by atoms with Crippen molar-refractivity contribution in [2.24, 2.45) is 0 Å². The van der Waals surface area contributed by atoms with Gasteiger partial charge in [0.2, 0.25) is 0 Å². The lowest BCUT2D eigenvalue weighted by Gasteiger charge is -2.03. The van der Waals surface area contributed by atoms with E-state index >= 15 is 0 Å². The quantitative estimate of drug-likeness (QED) is 0.637. The maximum atomic E-state index is 12.7. The molecular weight excluding hydrogens is 252 g/mol. The van der Waals surface area contributed by atoms with E-state index in [9.17, 15) is 8.78 Å². The molecule has 0 saturated heterocycles. The molecule has 0 unspecified atom stereocenters. The molecule has 0 radical (unpaired) electrons. The monoisotopic (exact) mass is 263 g/mol. The van der Waals surface area contributed by atoms with Crippen molar-refractivity contribution >= 4 is 15.9 Å². The number of rotatable bonds is 5. The Morgan fingerprint density at radius 2 is 1.79 bits per heavy atom. The summed E-state index contributed by atoms with van der Waals surface area (Å²) in [5.74, 6) is -1.05. The maximum Gasteiger partial charge on any atom is 0.126 e. The topological polar surface area (TPSA) is 12.0 Å². The summed E-state index contributed by atoms with van der Waals surface area (Å²) in [7, 11) is 0. The Balaban J connectivity index is 2.42. The third-order valence-corrected chi connectivity index (χ3v) is 2.30. The van der Waals surface area contributed by atoms with Crippen LogP contribution in [0.4, 0.5) is 8.78 Å². The number of hydrogen-bond donors (Lipinski definition) is 1. The van der Waals surface area contributed by atoms with E-state index in [1.54, 1.807) is 0 Å².